The number of benzene rings is 2. The van der Waals surface area contributed by atoms with Crippen molar-refractivity contribution in [2.24, 2.45) is 0 Å². The van der Waals surface area contributed by atoms with Crippen molar-refractivity contribution in [3.05, 3.63) is 70.8 Å². The number of nitrogens with one attached hydrogen (secondary N) is 1. The SMILES string of the molecule is CC(C)=CCC/C(C)=C/CC/C(C)=C/CN1C(=O)c2cccc(OP(=O)(O)O)c2Nc2c(O)cc(OP(=O)(O)O)cc21. The van der Waals surface area contributed by atoms with E-state index in [1.165, 1.54) is 40.3 Å². The fraction of sp³-hybridized carbons (Fsp3) is 0.321. The summed E-state index contributed by atoms with van der Waals surface area (Å²) in [6.45, 7) is 8.14. The summed E-state index contributed by atoms with van der Waals surface area (Å²) in [4.78, 5) is 52.4. The number of phenolic OH excluding ortho intramolecular Hbond substituents is 1. The van der Waals surface area contributed by atoms with Crippen LogP contribution in [0.15, 0.2) is 65.3 Å². The fourth-order valence-corrected chi connectivity index (χ4v) is 5.10. The standard InChI is InChI=1S/C28H36N2O10P2/c1-18(2)8-5-9-19(3)10-6-11-20(4)14-15-30-23-16-21(39-41(33,34)35)17-24(31)27(23)29-26-22(28(30)32)12-7-13-25(26)40-42(36,37)38/h7-8,10,12-14,16-17,29,31H,5-6,9,11,15H2,1-4H3,(H2,33,34,35)(H2,36,37,38)/b19-10+,20-14+. The molecule has 0 bridgehead atoms. The van der Waals surface area contributed by atoms with Crippen LogP contribution in [0.1, 0.15) is 63.7 Å². The number of rotatable bonds is 12. The number of hydrogen-bond acceptors (Lipinski definition) is 7. The van der Waals surface area contributed by atoms with Crippen LogP contribution in [0.25, 0.3) is 0 Å². The number of phosphoric ester groups is 2. The van der Waals surface area contributed by atoms with Gasteiger partial charge in [-0.2, -0.15) is 0 Å². The number of phosphoric acid groups is 2. The van der Waals surface area contributed by atoms with Gasteiger partial charge in [0, 0.05) is 18.7 Å². The normalized spacial score (nSPS) is 14.0. The second-order valence-electron chi connectivity index (χ2n) is 10.2. The number of carbonyl (C=O) groups excluding carboxylic acids is 1. The van der Waals surface area contributed by atoms with E-state index in [1.807, 2.05) is 13.0 Å². The first kappa shape index (κ1) is 33.1. The molecule has 1 aliphatic rings. The van der Waals surface area contributed by atoms with E-state index in [1.54, 1.807) is 0 Å². The zero-order valence-electron chi connectivity index (χ0n) is 23.8. The van der Waals surface area contributed by atoms with Crippen molar-refractivity contribution >= 4 is 38.6 Å². The zero-order chi connectivity index (χ0) is 31.2. The van der Waals surface area contributed by atoms with Crippen molar-refractivity contribution in [2.45, 2.75) is 53.4 Å². The molecule has 0 fully saturated rings. The minimum absolute atomic E-state index is 0.00440. The van der Waals surface area contributed by atoms with Crippen LogP contribution in [0.4, 0.5) is 17.1 Å². The molecule has 3 rings (SSSR count). The van der Waals surface area contributed by atoms with Crippen LogP contribution in [0.2, 0.25) is 0 Å². The first-order valence-electron chi connectivity index (χ1n) is 13.1. The molecule has 0 radical (unpaired) electrons. The van der Waals surface area contributed by atoms with Gasteiger partial charge in [0.25, 0.3) is 5.91 Å². The predicted octanol–water partition coefficient (Wildman–Crippen LogP) is 6.46. The minimum Gasteiger partial charge on any atom is -0.506 e. The number of allylic oxidation sites excluding steroid dienone is 5. The molecule has 0 unspecified atom stereocenters. The van der Waals surface area contributed by atoms with Crippen molar-refractivity contribution in [3.8, 4) is 17.2 Å². The van der Waals surface area contributed by atoms with Crippen LogP contribution in [0.3, 0.4) is 0 Å². The summed E-state index contributed by atoms with van der Waals surface area (Å²) in [6, 6.07) is 6.16. The molecule has 0 saturated heterocycles. The Hall–Kier alpha value is -3.37. The number of phenols is 1. The Labute approximate surface area is 244 Å². The van der Waals surface area contributed by atoms with Gasteiger partial charge in [-0.25, -0.2) is 9.13 Å². The Kier molecular flexibility index (Phi) is 10.8. The molecule has 2 aromatic carbocycles. The molecule has 6 N–H and O–H groups in total. The molecule has 12 nitrogen and oxygen atoms in total. The first-order chi connectivity index (χ1) is 19.5. The van der Waals surface area contributed by atoms with Gasteiger partial charge in [0.05, 0.1) is 16.9 Å². The van der Waals surface area contributed by atoms with Crippen LogP contribution >= 0.6 is 15.6 Å². The Morgan fingerprint density at radius 3 is 2.12 bits per heavy atom. The maximum atomic E-state index is 13.8. The maximum absolute atomic E-state index is 13.8. The third-order valence-electron chi connectivity index (χ3n) is 6.30. The highest BCUT2D eigenvalue weighted by Crippen LogP contribution is 2.50. The van der Waals surface area contributed by atoms with Gasteiger partial charge in [0.15, 0.2) is 5.75 Å². The van der Waals surface area contributed by atoms with Crippen molar-refractivity contribution in [2.75, 3.05) is 16.8 Å². The van der Waals surface area contributed by atoms with Crippen molar-refractivity contribution in [1.29, 1.82) is 0 Å². The Bertz CT molecular complexity index is 1520. The van der Waals surface area contributed by atoms with E-state index in [0.717, 1.165) is 37.3 Å². The highest BCUT2D eigenvalue weighted by atomic mass is 31.2. The molecule has 0 aliphatic carbocycles. The van der Waals surface area contributed by atoms with Gasteiger partial charge in [-0.05, 0) is 65.5 Å². The van der Waals surface area contributed by atoms with Crippen LogP contribution in [-0.4, -0.2) is 37.1 Å². The van der Waals surface area contributed by atoms with E-state index >= 15 is 0 Å². The largest absolute Gasteiger partial charge is 0.524 e. The van der Waals surface area contributed by atoms with Gasteiger partial charge in [-0.15, -0.1) is 0 Å². The number of nitrogens with zero attached hydrogens (tertiary/aromatic N) is 1. The summed E-state index contributed by atoms with van der Waals surface area (Å²) in [5, 5.41) is 13.6. The van der Waals surface area contributed by atoms with Gasteiger partial charge in [-0.1, -0.05) is 41.0 Å². The number of hydrogen-bond donors (Lipinski definition) is 6. The quantitative estimate of drug-likeness (QED) is 0.0867. The maximum Gasteiger partial charge on any atom is 0.524 e. The van der Waals surface area contributed by atoms with Crippen LogP contribution in [0, 0.1) is 0 Å². The third kappa shape index (κ3) is 9.59. The topological polar surface area (TPSA) is 186 Å². The Balaban J connectivity index is 1.97. The molecule has 1 heterocycles. The second kappa shape index (κ2) is 13.7. The first-order valence-corrected chi connectivity index (χ1v) is 16.1. The monoisotopic (exact) mass is 622 g/mol. The molecule has 14 heteroatoms. The molecule has 42 heavy (non-hydrogen) atoms. The highest BCUT2D eigenvalue weighted by molar-refractivity contribution is 7.47. The van der Waals surface area contributed by atoms with Gasteiger partial charge >= 0.3 is 15.6 Å². The lowest BCUT2D eigenvalue weighted by molar-refractivity contribution is 0.0990. The summed E-state index contributed by atoms with van der Waals surface area (Å²) >= 11 is 0. The van der Waals surface area contributed by atoms with E-state index in [4.69, 9.17) is 4.52 Å². The molecule has 0 atom stereocenters. The summed E-state index contributed by atoms with van der Waals surface area (Å²) in [5.74, 6) is -1.90. The number of anilines is 3. The van der Waals surface area contributed by atoms with Crippen molar-refractivity contribution in [1.82, 2.24) is 0 Å². The Morgan fingerprint density at radius 2 is 1.50 bits per heavy atom. The summed E-state index contributed by atoms with van der Waals surface area (Å²) in [5.41, 5.74) is 3.35. The molecule has 1 aliphatic heterocycles. The van der Waals surface area contributed by atoms with Crippen LogP contribution < -0.4 is 19.3 Å². The molecule has 0 saturated carbocycles. The van der Waals surface area contributed by atoms with Gasteiger partial charge in [0.1, 0.15) is 17.2 Å². The van der Waals surface area contributed by atoms with Gasteiger partial charge in [0.2, 0.25) is 0 Å². The predicted molar refractivity (Wildman–Crippen MR) is 160 cm³/mol. The number of fused-ring (bicyclic) bond motifs is 2. The third-order valence-corrected chi connectivity index (χ3v) is 7.18. The summed E-state index contributed by atoms with van der Waals surface area (Å²) < 4.78 is 32.5. The Morgan fingerprint density at radius 1 is 0.881 bits per heavy atom. The lowest BCUT2D eigenvalue weighted by Gasteiger charge is -2.23. The number of amides is 1. The lowest BCUT2D eigenvalue weighted by atomic mass is 10.1. The van der Waals surface area contributed by atoms with E-state index in [0.29, 0.717) is 0 Å². The van der Waals surface area contributed by atoms with E-state index < -0.39 is 33.1 Å². The molecule has 228 valence electrons. The smallest absolute Gasteiger partial charge is 0.506 e. The summed E-state index contributed by atoms with van der Waals surface area (Å²) in [7, 11) is -10.0. The minimum atomic E-state index is -5.02. The van der Waals surface area contributed by atoms with Gasteiger partial charge < -0.3 is 24.4 Å². The van der Waals surface area contributed by atoms with Crippen molar-refractivity contribution < 1.29 is 47.7 Å². The average Bonchev–Trinajstić information content (AvgIpc) is 2.96. The van der Waals surface area contributed by atoms with E-state index in [2.05, 4.69) is 42.8 Å². The molecular weight excluding hydrogens is 586 g/mol. The van der Waals surface area contributed by atoms with Crippen LogP contribution in [-0.2, 0) is 9.13 Å². The summed E-state index contributed by atoms with van der Waals surface area (Å²) in [6.07, 6.45) is 9.65. The van der Waals surface area contributed by atoms with E-state index in [-0.39, 0.29) is 34.9 Å². The van der Waals surface area contributed by atoms with E-state index in [9.17, 15) is 38.6 Å². The molecular formula is C28H36N2O10P2. The van der Waals surface area contributed by atoms with Crippen LogP contribution in [0.5, 0.6) is 17.2 Å². The number of para-hydroxylation sites is 1. The average molecular weight is 623 g/mol. The lowest BCUT2D eigenvalue weighted by Crippen LogP contribution is -2.30. The molecule has 2 aromatic rings. The molecule has 0 spiro atoms. The fourth-order valence-electron chi connectivity index (χ4n) is 4.31. The second-order valence-corrected chi connectivity index (χ2v) is 12.5. The number of carbonyl (C=O) groups is 1. The zero-order valence-corrected chi connectivity index (χ0v) is 25.6. The van der Waals surface area contributed by atoms with Crippen molar-refractivity contribution in [3.63, 3.8) is 0 Å². The highest BCUT2D eigenvalue weighted by Gasteiger charge is 2.32. The molecule has 1 amide bonds. The molecule has 0 aromatic heterocycles. The number of aromatic hydroxyl groups is 1. The van der Waals surface area contributed by atoms with Gasteiger partial charge in [-0.3, -0.25) is 24.4 Å².